The molecule has 2 aromatic rings. The number of ether oxygens (including phenoxy) is 1. The van der Waals surface area contributed by atoms with Gasteiger partial charge in [-0.1, -0.05) is 60.7 Å². The first-order valence-corrected chi connectivity index (χ1v) is 9.69. The van der Waals surface area contributed by atoms with Gasteiger partial charge in [0.1, 0.15) is 0 Å². The van der Waals surface area contributed by atoms with Crippen LogP contribution in [0.1, 0.15) is 17.4 Å². The molecule has 8 heteroatoms. The van der Waals surface area contributed by atoms with Crippen molar-refractivity contribution < 1.29 is 24.2 Å². The number of aliphatic carboxylic acids is 1. The quantitative estimate of drug-likeness (QED) is 0.599. The maximum absolute atomic E-state index is 12.7. The van der Waals surface area contributed by atoms with E-state index < -0.39 is 29.5 Å². The molecule has 3 rings (SSSR count). The number of hydrogen-bond acceptors (Lipinski definition) is 5. The average molecular weight is 414 g/mol. The van der Waals surface area contributed by atoms with Crippen LogP contribution in [0.5, 0.6) is 0 Å². The van der Waals surface area contributed by atoms with Gasteiger partial charge in [-0.3, -0.25) is 9.59 Å². The second kappa shape index (κ2) is 9.58. The van der Waals surface area contributed by atoms with Crippen LogP contribution in [0.15, 0.2) is 60.7 Å². The summed E-state index contributed by atoms with van der Waals surface area (Å²) in [4.78, 5) is 37.7. The summed E-state index contributed by atoms with van der Waals surface area (Å²) >= 11 is 4.33. The zero-order chi connectivity index (χ0) is 20.8. The molecular formula is C21H22N2O5S. The molecule has 1 aliphatic rings. The number of carbonyl (C=O) groups excluding carboxylic acids is 2. The van der Waals surface area contributed by atoms with E-state index in [2.05, 4.69) is 17.9 Å². The van der Waals surface area contributed by atoms with E-state index >= 15 is 0 Å². The Labute approximate surface area is 174 Å². The Morgan fingerprint density at radius 3 is 2.34 bits per heavy atom. The van der Waals surface area contributed by atoms with Gasteiger partial charge in [0, 0.05) is 5.56 Å². The first kappa shape index (κ1) is 20.9. The van der Waals surface area contributed by atoms with Gasteiger partial charge in [0.15, 0.2) is 12.3 Å². The third kappa shape index (κ3) is 5.36. The molecule has 0 saturated carbocycles. The van der Waals surface area contributed by atoms with Crippen LogP contribution in [-0.2, 0) is 25.5 Å². The van der Waals surface area contributed by atoms with Crippen LogP contribution in [0.3, 0.4) is 0 Å². The minimum atomic E-state index is -1.14. The minimum absolute atomic E-state index is 0.0854. The topological polar surface area (TPSA) is 95.9 Å². The van der Waals surface area contributed by atoms with Crippen molar-refractivity contribution in [3.8, 4) is 0 Å². The normalized spacial score (nSPS) is 19.6. The predicted octanol–water partition coefficient (Wildman–Crippen LogP) is 1.65. The number of nitrogens with one attached hydrogen (secondary N) is 1. The number of amides is 2. The molecule has 7 nitrogen and oxygen atoms in total. The van der Waals surface area contributed by atoms with Crippen LogP contribution >= 0.6 is 12.6 Å². The summed E-state index contributed by atoms with van der Waals surface area (Å²) in [7, 11) is 0. The van der Waals surface area contributed by atoms with Crippen LogP contribution in [-0.4, -0.2) is 52.2 Å². The molecule has 1 saturated heterocycles. The Morgan fingerprint density at radius 1 is 1.10 bits per heavy atom. The molecule has 3 unspecified atom stereocenters. The molecule has 0 spiro atoms. The minimum Gasteiger partial charge on any atom is -0.479 e. The van der Waals surface area contributed by atoms with Crippen molar-refractivity contribution in [2.24, 2.45) is 0 Å². The molecule has 2 amide bonds. The van der Waals surface area contributed by atoms with E-state index in [1.165, 1.54) is 4.90 Å². The lowest BCUT2D eigenvalue weighted by molar-refractivity contribution is -0.150. The van der Waals surface area contributed by atoms with Crippen LogP contribution < -0.4 is 5.32 Å². The number of carboxylic acids is 1. The van der Waals surface area contributed by atoms with E-state index in [1.54, 1.807) is 24.3 Å². The van der Waals surface area contributed by atoms with Crippen molar-refractivity contribution in [3.05, 3.63) is 71.8 Å². The molecule has 2 aromatic carbocycles. The van der Waals surface area contributed by atoms with Gasteiger partial charge in [0.05, 0.1) is 18.3 Å². The number of hydrogen-bond donors (Lipinski definition) is 3. The van der Waals surface area contributed by atoms with Gasteiger partial charge in [0.2, 0.25) is 11.8 Å². The Hall–Kier alpha value is -2.84. The van der Waals surface area contributed by atoms with Crippen molar-refractivity contribution in [1.29, 1.82) is 0 Å². The Kier molecular flexibility index (Phi) is 6.90. The molecule has 0 aliphatic carbocycles. The molecular weight excluding hydrogens is 392 g/mol. The van der Waals surface area contributed by atoms with Crippen molar-refractivity contribution in [2.45, 2.75) is 24.0 Å². The summed E-state index contributed by atoms with van der Waals surface area (Å²) in [6.07, 6.45) is -1.49. The molecule has 1 aliphatic heterocycles. The molecule has 0 bridgehead atoms. The monoisotopic (exact) mass is 414 g/mol. The predicted molar refractivity (Wildman–Crippen MR) is 109 cm³/mol. The largest absolute Gasteiger partial charge is 0.479 e. The van der Waals surface area contributed by atoms with Gasteiger partial charge >= 0.3 is 5.97 Å². The molecule has 1 fully saturated rings. The molecule has 29 heavy (non-hydrogen) atoms. The lowest BCUT2D eigenvalue weighted by Gasteiger charge is -2.23. The van der Waals surface area contributed by atoms with Crippen molar-refractivity contribution in [2.75, 3.05) is 13.1 Å². The Morgan fingerprint density at radius 2 is 1.72 bits per heavy atom. The molecule has 2 N–H and O–H groups in total. The summed E-state index contributed by atoms with van der Waals surface area (Å²) in [5.74, 6) is -1.92. The fourth-order valence-electron chi connectivity index (χ4n) is 3.10. The van der Waals surface area contributed by atoms with Gasteiger partial charge in [0.25, 0.3) is 0 Å². The Bertz CT molecular complexity index is 862. The van der Waals surface area contributed by atoms with Gasteiger partial charge in [-0.2, -0.15) is 12.6 Å². The average Bonchev–Trinajstić information content (AvgIpc) is 3.19. The number of benzene rings is 2. The maximum Gasteiger partial charge on any atom is 0.334 e. The SMILES string of the molecule is O=C(NCC(=O)N1CC(C(=O)O)OC1c1ccccc1)C(S)Cc1ccccc1. The van der Waals surface area contributed by atoms with E-state index in [9.17, 15) is 19.5 Å². The molecule has 0 aromatic heterocycles. The summed E-state index contributed by atoms with van der Waals surface area (Å²) in [5.41, 5.74) is 1.64. The van der Waals surface area contributed by atoms with Crippen LogP contribution in [0.25, 0.3) is 0 Å². The molecule has 3 atom stereocenters. The van der Waals surface area contributed by atoms with Crippen LogP contribution in [0, 0.1) is 0 Å². The number of carboxylic acid groups (broad SMARTS) is 1. The van der Waals surface area contributed by atoms with Gasteiger partial charge < -0.3 is 20.1 Å². The molecule has 1 heterocycles. The van der Waals surface area contributed by atoms with Crippen molar-refractivity contribution in [3.63, 3.8) is 0 Å². The number of rotatable bonds is 7. The maximum atomic E-state index is 12.7. The summed E-state index contributed by atoms with van der Waals surface area (Å²) in [5, 5.41) is 11.3. The zero-order valence-electron chi connectivity index (χ0n) is 15.6. The van der Waals surface area contributed by atoms with Gasteiger partial charge in [-0.05, 0) is 12.0 Å². The third-order valence-electron chi connectivity index (χ3n) is 4.61. The number of carbonyl (C=O) groups is 3. The highest BCUT2D eigenvalue weighted by Gasteiger charge is 2.40. The number of thiol groups is 1. The second-order valence-corrected chi connectivity index (χ2v) is 7.32. The smallest absolute Gasteiger partial charge is 0.334 e. The van der Waals surface area contributed by atoms with E-state index in [-0.39, 0.29) is 19.0 Å². The first-order chi connectivity index (χ1) is 14.0. The van der Waals surface area contributed by atoms with Crippen LogP contribution in [0.4, 0.5) is 0 Å². The van der Waals surface area contributed by atoms with E-state index in [4.69, 9.17) is 4.74 Å². The lowest BCUT2D eigenvalue weighted by atomic mass is 10.1. The first-order valence-electron chi connectivity index (χ1n) is 9.18. The number of nitrogens with zero attached hydrogens (tertiary/aromatic N) is 1. The van der Waals surface area contributed by atoms with Crippen molar-refractivity contribution >= 4 is 30.4 Å². The fourth-order valence-corrected chi connectivity index (χ4v) is 3.41. The van der Waals surface area contributed by atoms with E-state index in [0.29, 0.717) is 12.0 Å². The standard InChI is InChI=1S/C21H22N2O5S/c24-18(12-22-19(25)17(29)11-14-7-3-1-4-8-14)23-13-16(21(26)27)28-20(23)15-9-5-2-6-10-15/h1-10,16-17,20,29H,11-13H2,(H,22,25)(H,26,27). The highest BCUT2D eigenvalue weighted by atomic mass is 32.1. The third-order valence-corrected chi connectivity index (χ3v) is 5.02. The van der Waals surface area contributed by atoms with Crippen LogP contribution in [0.2, 0.25) is 0 Å². The van der Waals surface area contributed by atoms with Crippen molar-refractivity contribution in [1.82, 2.24) is 10.2 Å². The molecule has 152 valence electrons. The summed E-state index contributed by atoms with van der Waals surface area (Å²) < 4.78 is 5.55. The fraction of sp³-hybridized carbons (Fsp3) is 0.286. The Balaban J connectivity index is 1.60. The van der Waals surface area contributed by atoms with Gasteiger partial charge in [-0.15, -0.1) is 0 Å². The van der Waals surface area contributed by atoms with E-state index in [0.717, 1.165) is 5.56 Å². The summed E-state index contributed by atoms with van der Waals surface area (Å²) in [6, 6.07) is 18.4. The van der Waals surface area contributed by atoms with Gasteiger partial charge in [-0.25, -0.2) is 4.79 Å². The highest BCUT2D eigenvalue weighted by molar-refractivity contribution is 7.81. The zero-order valence-corrected chi connectivity index (χ0v) is 16.5. The summed E-state index contributed by atoms with van der Waals surface area (Å²) in [6.45, 7) is -0.346. The second-order valence-electron chi connectivity index (χ2n) is 6.70. The molecule has 0 radical (unpaired) electrons. The lowest BCUT2D eigenvalue weighted by Crippen LogP contribution is -2.43. The van der Waals surface area contributed by atoms with E-state index in [1.807, 2.05) is 36.4 Å². The highest BCUT2D eigenvalue weighted by Crippen LogP contribution is 2.30.